The molecule has 1 heterocycles. The normalized spacial score (nSPS) is 12.1. The molecular formula is C17H15N3O6S. The number of hydrogen-bond acceptors (Lipinski definition) is 6. The van der Waals surface area contributed by atoms with Crippen molar-refractivity contribution in [1.82, 2.24) is 4.98 Å². The van der Waals surface area contributed by atoms with Crippen molar-refractivity contribution in [3.63, 3.8) is 0 Å². The summed E-state index contributed by atoms with van der Waals surface area (Å²) in [5.41, 5.74) is 6.50. The number of sulfonamides is 1. The molecule has 2 aromatic carbocycles. The number of oxazole rings is 1. The fourth-order valence-corrected chi connectivity index (χ4v) is 3.47. The highest BCUT2D eigenvalue weighted by molar-refractivity contribution is 7.97. The van der Waals surface area contributed by atoms with E-state index in [2.05, 4.69) is 9.71 Å². The van der Waals surface area contributed by atoms with Gasteiger partial charge in [0.1, 0.15) is 5.75 Å². The Morgan fingerprint density at radius 2 is 1.93 bits per heavy atom. The maximum absolute atomic E-state index is 12.6. The van der Waals surface area contributed by atoms with Crippen LogP contribution in [0.25, 0.3) is 17.2 Å². The zero-order valence-electron chi connectivity index (χ0n) is 14.1. The summed E-state index contributed by atoms with van der Waals surface area (Å²) in [5, 5.41) is 0. The molecular weight excluding hydrogens is 374 g/mol. The predicted molar refractivity (Wildman–Crippen MR) is 99.5 cm³/mol. The van der Waals surface area contributed by atoms with Crippen molar-refractivity contribution in [2.24, 2.45) is 5.73 Å². The molecule has 0 aliphatic carbocycles. The molecule has 0 saturated heterocycles. The predicted octanol–water partition coefficient (Wildman–Crippen LogP) is 1.40. The summed E-state index contributed by atoms with van der Waals surface area (Å²) in [6.45, 7) is 0. The highest BCUT2D eigenvalue weighted by Gasteiger charge is 2.23. The van der Waals surface area contributed by atoms with Crippen LogP contribution in [0.4, 0.5) is 5.69 Å². The number of aromatic amines is 1. The number of ether oxygens (including phenoxy) is 1. The lowest BCUT2D eigenvalue weighted by atomic mass is 10.2. The molecule has 0 aliphatic rings. The lowest BCUT2D eigenvalue weighted by Gasteiger charge is -2.10. The number of carbonyl (C=O) groups is 1. The van der Waals surface area contributed by atoms with E-state index in [4.69, 9.17) is 14.9 Å². The maximum atomic E-state index is 12.6. The summed E-state index contributed by atoms with van der Waals surface area (Å²) in [7, 11) is -2.76. The van der Waals surface area contributed by atoms with E-state index < -0.39 is 26.6 Å². The molecule has 0 fully saturated rings. The van der Waals surface area contributed by atoms with Crippen molar-refractivity contribution in [3.8, 4) is 5.75 Å². The molecule has 0 radical (unpaired) electrons. The second-order valence-electron chi connectivity index (χ2n) is 5.48. The molecule has 0 bridgehead atoms. The maximum Gasteiger partial charge on any atom is 0.417 e. The Kier molecular flexibility index (Phi) is 4.74. The van der Waals surface area contributed by atoms with Gasteiger partial charge in [-0.15, -0.1) is 0 Å². The number of nitrogens with two attached hydrogens (primary N) is 1. The first-order valence-corrected chi connectivity index (χ1v) is 9.08. The number of nitrogens with one attached hydrogen (secondary N) is 2. The van der Waals surface area contributed by atoms with Gasteiger partial charge in [0.05, 0.1) is 12.6 Å². The van der Waals surface area contributed by atoms with Gasteiger partial charge in [-0.25, -0.2) is 13.2 Å². The van der Waals surface area contributed by atoms with Crippen molar-refractivity contribution < 1.29 is 22.4 Å². The van der Waals surface area contributed by atoms with Gasteiger partial charge in [-0.1, -0.05) is 6.07 Å². The summed E-state index contributed by atoms with van der Waals surface area (Å²) in [6, 6.07) is 10.5. The Morgan fingerprint density at radius 3 is 2.56 bits per heavy atom. The number of benzene rings is 2. The van der Waals surface area contributed by atoms with E-state index in [0.29, 0.717) is 22.4 Å². The minimum absolute atomic E-state index is 0.234. The molecule has 9 nitrogen and oxygen atoms in total. The van der Waals surface area contributed by atoms with Crippen LogP contribution in [-0.4, -0.2) is 26.4 Å². The highest BCUT2D eigenvalue weighted by Crippen LogP contribution is 2.21. The number of hydrogen-bond donors (Lipinski definition) is 3. The van der Waals surface area contributed by atoms with Crippen molar-refractivity contribution in [2.75, 3.05) is 11.8 Å². The van der Waals surface area contributed by atoms with Gasteiger partial charge < -0.3 is 14.9 Å². The summed E-state index contributed by atoms with van der Waals surface area (Å²) in [4.78, 5) is 24.8. The number of anilines is 1. The molecule has 27 heavy (non-hydrogen) atoms. The fourth-order valence-electron chi connectivity index (χ4n) is 2.36. The minimum Gasteiger partial charge on any atom is -0.497 e. The third-order valence-corrected chi connectivity index (χ3v) is 5.02. The van der Waals surface area contributed by atoms with E-state index in [1.54, 1.807) is 12.1 Å². The van der Waals surface area contributed by atoms with Gasteiger partial charge in [0, 0.05) is 5.69 Å². The molecule has 0 aliphatic heterocycles. The highest BCUT2D eigenvalue weighted by atomic mass is 32.2. The molecule has 1 aromatic heterocycles. The van der Waals surface area contributed by atoms with Crippen LogP contribution < -0.4 is 20.9 Å². The molecule has 3 aromatic rings. The van der Waals surface area contributed by atoms with Crippen LogP contribution >= 0.6 is 0 Å². The Hall–Kier alpha value is -3.53. The number of fused-ring (bicyclic) bond motifs is 1. The molecule has 0 unspecified atom stereocenters. The van der Waals surface area contributed by atoms with Gasteiger partial charge in [-0.05, 0) is 48.0 Å². The first-order valence-electron chi connectivity index (χ1n) is 7.60. The van der Waals surface area contributed by atoms with Crippen LogP contribution in [0.2, 0.25) is 0 Å². The Labute approximate surface area is 153 Å². The third-order valence-electron chi connectivity index (χ3n) is 3.62. The molecule has 0 saturated carbocycles. The van der Waals surface area contributed by atoms with E-state index in [1.165, 1.54) is 37.4 Å². The second-order valence-corrected chi connectivity index (χ2v) is 7.13. The van der Waals surface area contributed by atoms with Crippen LogP contribution in [0.1, 0.15) is 5.56 Å². The lowest BCUT2D eigenvalue weighted by Crippen LogP contribution is -2.25. The van der Waals surface area contributed by atoms with Crippen LogP contribution in [0.15, 0.2) is 56.6 Å². The van der Waals surface area contributed by atoms with Crippen LogP contribution in [0.5, 0.6) is 5.75 Å². The van der Waals surface area contributed by atoms with Crippen LogP contribution in [0, 0.1) is 0 Å². The van der Waals surface area contributed by atoms with Gasteiger partial charge in [0.15, 0.2) is 10.5 Å². The van der Waals surface area contributed by atoms with Gasteiger partial charge in [-0.3, -0.25) is 14.5 Å². The molecule has 10 heteroatoms. The van der Waals surface area contributed by atoms with Gasteiger partial charge in [0.2, 0.25) is 0 Å². The Morgan fingerprint density at radius 1 is 1.22 bits per heavy atom. The molecule has 4 N–H and O–H groups in total. The monoisotopic (exact) mass is 389 g/mol. The lowest BCUT2D eigenvalue weighted by molar-refractivity contribution is -0.113. The second kappa shape index (κ2) is 7.00. The minimum atomic E-state index is -4.24. The van der Waals surface area contributed by atoms with E-state index in [1.807, 2.05) is 0 Å². The van der Waals surface area contributed by atoms with Gasteiger partial charge in [-0.2, -0.15) is 0 Å². The zero-order valence-corrected chi connectivity index (χ0v) is 14.9. The largest absolute Gasteiger partial charge is 0.497 e. The summed E-state index contributed by atoms with van der Waals surface area (Å²) < 4.78 is 37.3. The van der Waals surface area contributed by atoms with Crippen molar-refractivity contribution >= 4 is 38.8 Å². The number of aromatic nitrogens is 1. The van der Waals surface area contributed by atoms with Crippen LogP contribution in [0.3, 0.4) is 0 Å². The van der Waals surface area contributed by atoms with E-state index >= 15 is 0 Å². The molecule has 0 atom stereocenters. The Bertz CT molecular complexity index is 1190. The molecule has 140 valence electrons. The van der Waals surface area contributed by atoms with Crippen molar-refractivity contribution in [1.29, 1.82) is 0 Å². The summed E-state index contributed by atoms with van der Waals surface area (Å²) in [5.74, 6) is -1.22. The smallest absolute Gasteiger partial charge is 0.417 e. The van der Waals surface area contributed by atoms with Gasteiger partial charge in [0.25, 0.3) is 15.9 Å². The first kappa shape index (κ1) is 18.3. The SMILES string of the molecule is COc1ccc(NS(=O)(=O)C(=Cc2ccc3oc(=O)[nH]c3c2)C(N)=O)cc1. The molecule has 0 spiro atoms. The number of rotatable bonds is 6. The average Bonchev–Trinajstić information content (AvgIpc) is 2.98. The summed E-state index contributed by atoms with van der Waals surface area (Å²) >= 11 is 0. The standard InChI is InChI=1S/C17H15N3O6S/c1-25-12-5-3-11(4-6-12)20-27(23,24)15(16(18)21)9-10-2-7-14-13(8-10)19-17(22)26-14/h2-9,20H,1H3,(H2,18,21)(H,19,22). The summed E-state index contributed by atoms with van der Waals surface area (Å²) in [6.07, 6.45) is 1.11. The van der Waals surface area contributed by atoms with E-state index in [0.717, 1.165) is 6.08 Å². The van der Waals surface area contributed by atoms with E-state index in [-0.39, 0.29) is 5.69 Å². The number of methoxy groups -OCH3 is 1. The number of primary amides is 1. The third kappa shape index (κ3) is 4.01. The number of amides is 1. The fraction of sp³-hybridized carbons (Fsp3) is 0.0588. The number of carbonyl (C=O) groups excluding carboxylic acids is 1. The van der Waals surface area contributed by atoms with E-state index in [9.17, 15) is 18.0 Å². The average molecular weight is 389 g/mol. The topological polar surface area (TPSA) is 144 Å². The van der Waals surface area contributed by atoms with Crippen molar-refractivity contribution in [3.05, 3.63) is 63.5 Å². The quantitative estimate of drug-likeness (QED) is 0.544. The zero-order chi connectivity index (χ0) is 19.6. The molecule has 1 amide bonds. The first-order chi connectivity index (χ1) is 12.8. The number of H-pyrrole nitrogens is 1. The van der Waals surface area contributed by atoms with Crippen molar-refractivity contribution in [2.45, 2.75) is 0 Å². The van der Waals surface area contributed by atoms with Crippen LogP contribution in [-0.2, 0) is 14.8 Å². The van der Waals surface area contributed by atoms with Gasteiger partial charge >= 0.3 is 5.76 Å². The molecule has 3 rings (SSSR count). The Balaban J connectivity index is 1.97.